The number of carbonyl (C=O) groups excluding carboxylic acids is 2. The number of aryl methyl sites for hydroxylation is 1. The smallest absolute Gasteiger partial charge is 0.309 e. The standard InChI is InChI=1S/C21H23FN6O5/c1-10(2)14(25-19(31)20-27-26-11(3)33-20)17-24-15(16(29)21(32)28(17)4)18(30)23-9-12-5-7-13(22)8-6-12/h5-8,10,14,29H,9H2,1-4H3,(H,23,30)(H,25,31). The third-order valence-electron chi connectivity index (χ3n) is 4.83. The van der Waals surface area contributed by atoms with Crippen molar-refractivity contribution in [3.63, 3.8) is 0 Å². The minimum absolute atomic E-state index is 0.0195. The van der Waals surface area contributed by atoms with E-state index in [1.165, 1.54) is 38.2 Å². The normalized spacial score (nSPS) is 11.9. The summed E-state index contributed by atoms with van der Waals surface area (Å²) < 4.78 is 19.2. The molecule has 11 nitrogen and oxygen atoms in total. The molecule has 0 bridgehead atoms. The minimum atomic E-state index is -0.861. The lowest BCUT2D eigenvalue weighted by Gasteiger charge is -2.23. The summed E-state index contributed by atoms with van der Waals surface area (Å²) in [6.45, 7) is 5.10. The second-order valence-electron chi connectivity index (χ2n) is 7.66. The summed E-state index contributed by atoms with van der Waals surface area (Å²) >= 11 is 0. The number of nitrogens with one attached hydrogen (secondary N) is 2. The maximum atomic E-state index is 13.1. The number of benzene rings is 1. The van der Waals surface area contributed by atoms with Crippen LogP contribution in [0, 0.1) is 18.7 Å². The van der Waals surface area contributed by atoms with Crippen molar-refractivity contribution in [1.82, 2.24) is 30.4 Å². The van der Waals surface area contributed by atoms with Crippen molar-refractivity contribution in [3.05, 3.63) is 69.3 Å². The van der Waals surface area contributed by atoms with Crippen molar-refractivity contribution in [2.45, 2.75) is 33.4 Å². The van der Waals surface area contributed by atoms with Gasteiger partial charge in [0.15, 0.2) is 5.69 Å². The molecule has 3 rings (SSSR count). The molecule has 3 N–H and O–H groups in total. The van der Waals surface area contributed by atoms with Gasteiger partial charge in [-0.05, 0) is 23.6 Å². The van der Waals surface area contributed by atoms with Crippen LogP contribution in [-0.4, -0.2) is 36.7 Å². The van der Waals surface area contributed by atoms with Crippen LogP contribution in [0.3, 0.4) is 0 Å². The summed E-state index contributed by atoms with van der Waals surface area (Å²) in [5.41, 5.74) is -0.750. The fourth-order valence-corrected chi connectivity index (χ4v) is 3.03. The van der Waals surface area contributed by atoms with Gasteiger partial charge in [-0.15, -0.1) is 10.2 Å². The number of nitrogens with zero attached hydrogens (tertiary/aromatic N) is 4. The third-order valence-corrected chi connectivity index (χ3v) is 4.83. The topological polar surface area (TPSA) is 152 Å². The van der Waals surface area contributed by atoms with Crippen LogP contribution in [0.4, 0.5) is 4.39 Å². The van der Waals surface area contributed by atoms with Crippen LogP contribution in [0.15, 0.2) is 33.5 Å². The van der Waals surface area contributed by atoms with Gasteiger partial charge in [0.1, 0.15) is 11.6 Å². The summed E-state index contributed by atoms with van der Waals surface area (Å²) in [5, 5.41) is 22.7. The van der Waals surface area contributed by atoms with Gasteiger partial charge in [-0.2, -0.15) is 0 Å². The Morgan fingerprint density at radius 3 is 2.42 bits per heavy atom. The van der Waals surface area contributed by atoms with Crippen molar-refractivity contribution in [3.8, 4) is 5.75 Å². The fourth-order valence-electron chi connectivity index (χ4n) is 3.03. The van der Waals surface area contributed by atoms with E-state index in [0.717, 1.165) is 4.57 Å². The highest BCUT2D eigenvalue weighted by molar-refractivity contribution is 5.94. The summed E-state index contributed by atoms with van der Waals surface area (Å²) in [7, 11) is 1.36. The first-order valence-corrected chi connectivity index (χ1v) is 10.0. The molecule has 0 aliphatic carbocycles. The van der Waals surface area contributed by atoms with Gasteiger partial charge in [0.25, 0.3) is 11.5 Å². The zero-order valence-corrected chi connectivity index (χ0v) is 18.4. The maximum Gasteiger partial charge on any atom is 0.309 e. The molecule has 1 aromatic carbocycles. The first-order valence-electron chi connectivity index (χ1n) is 10.0. The fraction of sp³-hybridized carbons (Fsp3) is 0.333. The largest absolute Gasteiger partial charge is 0.501 e. The van der Waals surface area contributed by atoms with Gasteiger partial charge in [-0.1, -0.05) is 26.0 Å². The Morgan fingerprint density at radius 1 is 1.18 bits per heavy atom. The van der Waals surface area contributed by atoms with E-state index >= 15 is 0 Å². The summed E-state index contributed by atoms with van der Waals surface area (Å²) in [6.07, 6.45) is 0. The SMILES string of the molecule is Cc1nnc(C(=O)NC(c2nc(C(=O)NCc3ccc(F)cc3)c(O)c(=O)n2C)C(C)C)o1. The Kier molecular flexibility index (Phi) is 6.85. The van der Waals surface area contributed by atoms with Crippen molar-refractivity contribution in [2.75, 3.05) is 0 Å². The van der Waals surface area contributed by atoms with E-state index in [0.29, 0.717) is 5.56 Å². The number of halogens is 1. The summed E-state index contributed by atoms with van der Waals surface area (Å²) in [6, 6.07) is 4.64. The van der Waals surface area contributed by atoms with E-state index in [4.69, 9.17) is 4.42 Å². The molecule has 0 aliphatic rings. The van der Waals surface area contributed by atoms with E-state index in [-0.39, 0.29) is 30.1 Å². The van der Waals surface area contributed by atoms with Gasteiger partial charge in [-0.3, -0.25) is 19.0 Å². The van der Waals surface area contributed by atoms with Crippen LogP contribution < -0.4 is 16.2 Å². The van der Waals surface area contributed by atoms with Crippen LogP contribution in [0.1, 0.15) is 58.3 Å². The monoisotopic (exact) mass is 458 g/mol. The number of hydrogen-bond donors (Lipinski definition) is 3. The first kappa shape index (κ1) is 23.6. The average Bonchev–Trinajstić information content (AvgIpc) is 3.22. The third kappa shape index (κ3) is 5.22. The predicted octanol–water partition coefficient (Wildman–Crippen LogP) is 1.37. The minimum Gasteiger partial charge on any atom is -0.501 e. The quantitative estimate of drug-likeness (QED) is 0.480. The molecule has 0 radical (unpaired) electrons. The lowest BCUT2D eigenvalue weighted by molar-refractivity contribution is 0.0885. The highest BCUT2D eigenvalue weighted by Crippen LogP contribution is 2.22. The molecular formula is C21H23FN6O5. The first-order chi connectivity index (χ1) is 15.6. The number of amides is 2. The number of rotatable bonds is 7. The molecule has 0 saturated carbocycles. The second-order valence-corrected chi connectivity index (χ2v) is 7.66. The van der Waals surface area contributed by atoms with Gasteiger partial charge in [-0.25, -0.2) is 9.37 Å². The van der Waals surface area contributed by atoms with E-state index in [1.807, 2.05) is 0 Å². The maximum absolute atomic E-state index is 13.1. The molecule has 3 aromatic rings. The van der Waals surface area contributed by atoms with Gasteiger partial charge in [0.05, 0.1) is 6.04 Å². The zero-order valence-electron chi connectivity index (χ0n) is 18.4. The highest BCUT2D eigenvalue weighted by Gasteiger charge is 2.29. The van der Waals surface area contributed by atoms with Gasteiger partial charge >= 0.3 is 11.8 Å². The van der Waals surface area contributed by atoms with Gasteiger partial charge in [0.2, 0.25) is 11.6 Å². The Hall–Kier alpha value is -4.09. The highest BCUT2D eigenvalue weighted by atomic mass is 19.1. The molecule has 2 amide bonds. The Balaban J connectivity index is 1.90. The second kappa shape index (κ2) is 9.59. The average molecular weight is 458 g/mol. The molecule has 2 heterocycles. The predicted molar refractivity (Wildman–Crippen MR) is 113 cm³/mol. The van der Waals surface area contributed by atoms with Gasteiger partial charge in [0, 0.05) is 20.5 Å². The van der Waals surface area contributed by atoms with Crippen LogP contribution in [0.2, 0.25) is 0 Å². The Bertz CT molecular complexity index is 1230. The van der Waals surface area contributed by atoms with E-state index in [2.05, 4.69) is 25.8 Å². The number of hydrogen-bond acceptors (Lipinski definition) is 8. The number of aromatic nitrogens is 4. The van der Waals surface area contributed by atoms with E-state index in [1.54, 1.807) is 13.8 Å². The number of carbonyl (C=O) groups is 2. The van der Waals surface area contributed by atoms with Crippen molar-refractivity contribution < 1.29 is 23.5 Å². The molecule has 0 fully saturated rings. The van der Waals surface area contributed by atoms with Crippen LogP contribution in [0.25, 0.3) is 0 Å². The molecule has 0 spiro atoms. The van der Waals surface area contributed by atoms with Crippen molar-refractivity contribution in [2.24, 2.45) is 13.0 Å². The Morgan fingerprint density at radius 2 is 1.85 bits per heavy atom. The van der Waals surface area contributed by atoms with Crippen molar-refractivity contribution >= 4 is 11.8 Å². The van der Waals surface area contributed by atoms with Crippen LogP contribution in [0.5, 0.6) is 5.75 Å². The molecular weight excluding hydrogens is 435 g/mol. The summed E-state index contributed by atoms with van der Waals surface area (Å²) in [5.74, 6) is -3.02. The zero-order chi connectivity index (χ0) is 24.3. The molecule has 0 saturated heterocycles. The van der Waals surface area contributed by atoms with E-state index < -0.39 is 40.7 Å². The molecule has 33 heavy (non-hydrogen) atoms. The van der Waals surface area contributed by atoms with E-state index in [9.17, 15) is 23.9 Å². The lowest BCUT2D eigenvalue weighted by Crippen LogP contribution is -2.38. The van der Waals surface area contributed by atoms with Crippen LogP contribution in [-0.2, 0) is 13.6 Å². The summed E-state index contributed by atoms with van der Waals surface area (Å²) in [4.78, 5) is 42.0. The Labute approximate surface area is 187 Å². The molecule has 2 aromatic heterocycles. The number of aromatic hydroxyl groups is 1. The lowest BCUT2D eigenvalue weighted by atomic mass is 10.0. The molecule has 1 atom stereocenters. The molecule has 1 unspecified atom stereocenters. The van der Waals surface area contributed by atoms with Crippen LogP contribution >= 0.6 is 0 Å². The van der Waals surface area contributed by atoms with Crippen molar-refractivity contribution in [1.29, 1.82) is 0 Å². The molecule has 0 aliphatic heterocycles. The van der Waals surface area contributed by atoms with Gasteiger partial charge < -0.3 is 20.2 Å². The molecule has 174 valence electrons. The molecule has 12 heteroatoms.